The Morgan fingerprint density at radius 2 is 2.00 bits per heavy atom. The molecule has 1 aliphatic rings. The molecule has 4 atom stereocenters. The summed E-state index contributed by atoms with van der Waals surface area (Å²) in [6, 6.07) is 0. The zero-order valence-electron chi connectivity index (χ0n) is 20.7. The molecule has 0 amide bonds. The number of aliphatic hydroxyl groups is 1. The second-order valence-corrected chi connectivity index (χ2v) is 8.90. The lowest BCUT2D eigenvalue weighted by Crippen LogP contribution is -2.34. The predicted molar refractivity (Wildman–Crippen MR) is 129 cm³/mol. The van der Waals surface area contributed by atoms with Crippen molar-refractivity contribution in [1.82, 2.24) is 4.98 Å². The number of aromatic amines is 1. The standard InChI is InChI=1S/C26H39NO5/c1-9-21-26(6,32-21)24(29)18(4)15-17(3)12-10-11-16(2)13-14-20-19(5)22(28)23(30-7)25(27-20)31-8/h10,12-13,15,18,21,24,29H,9,11,14H2,1-8H3,(H,27,28)/b12-10+,16-13+,17-15+/t18-,21?,24?,26?/m1/s1. The van der Waals surface area contributed by atoms with Crippen molar-refractivity contribution in [3.63, 3.8) is 0 Å². The van der Waals surface area contributed by atoms with Crippen LogP contribution < -0.4 is 14.9 Å². The van der Waals surface area contributed by atoms with Crippen molar-refractivity contribution in [3.8, 4) is 11.6 Å². The molecule has 3 unspecified atom stereocenters. The largest absolute Gasteiger partial charge is 0.488 e. The minimum atomic E-state index is -0.510. The number of methoxy groups -OCH3 is 2. The first-order chi connectivity index (χ1) is 15.1. The van der Waals surface area contributed by atoms with Gasteiger partial charge in [-0.1, -0.05) is 49.3 Å². The minimum Gasteiger partial charge on any atom is -0.488 e. The summed E-state index contributed by atoms with van der Waals surface area (Å²) in [5.74, 6) is 0.561. The van der Waals surface area contributed by atoms with Crippen LogP contribution in [0.25, 0.3) is 0 Å². The van der Waals surface area contributed by atoms with Crippen molar-refractivity contribution in [3.05, 3.63) is 56.9 Å². The Morgan fingerprint density at radius 1 is 1.31 bits per heavy atom. The van der Waals surface area contributed by atoms with E-state index in [1.54, 1.807) is 6.92 Å². The van der Waals surface area contributed by atoms with Crippen LogP contribution in [-0.2, 0) is 11.2 Å². The molecule has 1 aliphatic heterocycles. The Kier molecular flexibility index (Phi) is 8.93. The lowest BCUT2D eigenvalue weighted by atomic mass is 9.88. The van der Waals surface area contributed by atoms with Crippen molar-refractivity contribution < 1.29 is 19.3 Å². The summed E-state index contributed by atoms with van der Waals surface area (Å²) in [4.78, 5) is 15.6. The summed E-state index contributed by atoms with van der Waals surface area (Å²) >= 11 is 0. The van der Waals surface area contributed by atoms with E-state index in [2.05, 4.69) is 43.1 Å². The molecule has 2 N–H and O–H groups in total. The number of allylic oxidation sites excluding steroid dienone is 5. The number of hydrogen-bond donors (Lipinski definition) is 2. The number of nitrogens with one attached hydrogen (secondary N) is 1. The summed E-state index contributed by atoms with van der Waals surface area (Å²) in [7, 11) is 2.97. The van der Waals surface area contributed by atoms with Crippen LogP contribution in [0.1, 0.15) is 58.7 Å². The number of ether oxygens (including phenoxy) is 3. The Morgan fingerprint density at radius 3 is 2.56 bits per heavy atom. The molecule has 2 rings (SSSR count). The van der Waals surface area contributed by atoms with E-state index in [-0.39, 0.29) is 23.2 Å². The zero-order chi connectivity index (χ0) is 24.1. The predicted octanol–water partition coefficient (Wildman–Crippen LogP) is 4.65. The molecule has 6 nitrogen and oxygen atoms in total. The maximum Gasteiger partial charge on any atom is 0.238 e. The van der Waals surface area contributed by atoms with Gasteiger partial charge in [0.1, 0.15) is 5.60 Å². The van der Waals surface area contributed by atoms with Crippen molar-refractivity contribution >= 4 is 0 Å². The molecule has 0 aromatic carbocycles. The summed E-state index contributed by atoms with van der Waals surface area (Å²) < 4.78 is 16.1. The lowest BCUT2D eigenvalue weighted by Gasteiger charge is -2.20. The molecule has 6 heteroatoms. The highest BCUT2D eigenvalue weighted by atomic mass is 16.6. The van der Waals surface area contributed by atoms with Crippen LogP contribution in [0.15, 0.2) is 40.2 Å². The van der Waals surface area contributed by atoms with Gasteiger partial charge in [0.25, 0.3) is 0 Å². The second kappa shape index (κ2) is 11.0. The summed E-state index contributed by atoms with van der Waals surface area (Å²) in [6.45, 7) is 12.0. The third kappa shape index (κ3) is 5.93. The van der Waals surface area contributed by atoms with Crippen molar-refractivity contribution in [1.29, 1.82) is 0 Å². The first-order valence-electron chi connectivity index (χ1n) is 11.3. The molecule has 1 aromatic rings. The molecule has 2 heterocycles. The molecule has 32 heavy (non-hydrogen) atoms. The van der Waals surface area contributed by atoms with Gasteiger partial charge in [-0.05, 0) is 40.5 Å². The van der Waals surface area contributed by atoms with Crippen LogP contribution in [-0.4, -0.2) is 42.1 Å². The van der Waals surface area contributed by atoms with E-state index in [1.807, 2.05) is 20.8 Å². The first-order valence-corrected chi connectivity index (χ1v) is 11.3. The Balaban J connectivity index is 1.97. The summed E-state index contributed by atoms with van der Waals surface area (Å²) in [5.41, 5.74) is 3.18. The SMILES string of the molecule is CCC1OC1(C)C(O)[C@H](C)/C=C(C)/C=C/C/C(C)=C/Cc1[nH]c(OC)c(OC)c(=O)c1C. The van der Waals surface area contributed by atoms with Gasteiger partial charge in [-0.15, -0.1) is 0 Å². The van der Waals surface area contributed by atoms with E-state index in [1.165, 1.54) is 19.8 Å². The van der Waals surface area contributed by atoms with Crippen LogP contribution in [0.4, 0.5) is 0 Å². The van der Waals surface area contributed by atoms with Crippen molar-refractivity contribution in [2.45, 2.75) is 78.6 Å². The van der Waals surface area contributed by atoms with E-state index < -0.39 is 11.7 Å². The molecular formula is C26H39NO5. The topological polar surface area (TPSA) is 84.1 Å². The van der Waals surface area contributed by atoms with Crippen LogP contribution >= 0.6 is 0 Å². The maximum absolute atomic E-state index is 12.4. The smallest absolute Gasteiger partial charge is 0.238 e. The number of epoxide rings is 1. The van der Waals surface area contributed by atoms with Crippen LogP contribution in [0.2, 0.25) is 0 Å². The highest BCUT2D eigenvalue weighted by Gasteiger charge is 2.57. The van der Waals surface area contributed by atoms with E-state index in [9.17, 15) is 9.90 Å². The molecule has 178 valence electrons. The normalized spacial score (nSPS) is 23.3. The highest BCUT2D eigenvalue weighted by molar-refractivity contribution is 5.40. The van der Waals surface area contributed by atoms with Gasteiger partial charge < -0.3 is 24.3 Å². The Bertz CT molecular complexity index is 942. The van der Waals surface area contributed by atoms with Crippen molar-refractivity contribution in [2.24, 2.45) is 5.92 Å². The van der Waals surface area contributed by atoms with E-state index >= 15 is 0 Å². The molecule has 0 aliphatic carbocycles. The average Bonchev–Trinajstić information content (AvgIpc) is 3.45. The zero-order valence-corrected chi connectivity index (χ0v) is 20.7. The van der Waals surface area contributed by atoms with Crippen LogP contribution in [0.5, 0.6) is 11.6 Å². The van der Waals surface area contributed by atoms with Gasteiger partial charge in [0.2, 0.25) is 17.1 Å². The molecular weight excluding hydrogens is 406 g/mol. The van der Waals surface area contributed by atoms with Gasteiger partial charge in [-0.25, -0.2) is 0 Å². The first kappa shape index (κ1) is 25.9. The fourth-order valence-electron chi connectivity index (χ4n) is 4.13. The number of H-pyrrole nitrogens is 1. The number of rotatable bonds is 11. The van der Waals surface area contributed by atoms with Gasteiger partial charge in [0, 0.05) is 23.6 Å². The maximum atomic E-state index is 12.4. The van der Waals surface area contributed by atoms with Crippen molar-refractivity contribution in [2.75, 3.05) is 14.2 Å². The third-order valence-electron chi connectivity index (χ3n) is 6.31. The fraction of sp³-hybridized carbons (Fsp3) is 0.577. The molecule has 1 fully saturated rings. The average molecular weight is 446 g/mol. The van der Waals surface area contributed by atoms with Gasteiger partial charge in [0.15, 0.2) is 0 Å². The third-order valence-corrected chi connectivity index (χ3v) is 6.31. The Hall–Kier alpha value is -2.31. The molecule has 0 saturated carbocycles. The van der Waals surface area contributed by atoms with Gasteiger partial charge >= 0.3 is 0 Å². The van der Waals surface area contributed by atoms with Gasteiger partial charge in [0.05, 0.1) is 26.4 Å². The number of aromatic nitrogens is 1. The molecule has 1 aromatic heterocycles. The van der Waals surface area contributed by atoms with E-state index in [0.717, 1.165) is 24.1 Å². The van der Waals surface area contributed by atoms with Crippen LogP contribution in [0, 0.1) is 12.8 Å². The monoisotopic (exact) mass is 445 g/mol. The number of aliphatic hydroxyl groups excluding tert-OH is 1. The highest BCUT2D eigenvalue weighted by Crippen LogP contribution is 2.43. The minimum absolute atomic E-state index is 0.0164. The Labute approximate surface area is 192 Å². The molecule has 1 saturated heterocycles. The lowest BCUT2D eigenvalue weighted by molar-refractivity contribution is 0.0563. The van der Waals surface area contributed by atoms with Gasteiger partial charge in [-0.3, -0.25) is 4.79 Å². The summed E-state index contributed by atoms with van der Waals surface area (Å²) in [5, 5.41) is 10.6. The van der Waals surface area contributed by atoms with Gasteiger partial charge in [-0.2, -0.15) is 0 Å². The van der Waals surface area contributed by atoms with E-state index in [0.29, 0.717) is 17.9 Å². The molecule has 0 radical (unpaired) electrons. The quantitative estimate of drug-likeness (QED) is 0.294. The number of hydrogen-bond acceptors (Lipinski definition) is 5. The molecule has 0 spiro atoms. The van der Waals surface area contributed by atoms with E-state index in [4.69, 9.17) is 14.2 Å². The molecule has 0 bridgehead atoms. The van der Waals surface area contributed by atoms with Crippen LogP contribution in [0.3, 0.4) is 0 Å². The summed E-state index contributed by atoms with van der Waals surface area (Å²) in [6.07, 6.45) is 10.4. The number of pyridine rings is 1. The second-order valence-electron chi connectivity index (χ2n) is 8.90. The fourth-order valence-corrected chi connectivity index (χ4v) is 4.13.